The molecule has 0 aliphatic heterocycles. The number of guanidine groups is 1. The van der Waals surface area contributed by atoms with E-state index in [0.29, 0.717) is 12.5 Å². The quantitative estimate of drug-likeness (QED) is 0.296. The van der Waals surface area contributed by atoms with Gasteiger partial charge in [0.2, 0.25) is 10.0 Å². The molecule has 1 aromatic carbocycles. The molecule has 1 unspecified atom stereocenters. The summed E-state index contributed by atoms with van der Waals surface area (Å²) in [4.78, 5) is 8.41. The van der Waals surface area contributed by atoms with Crippen molar-refractivity contribution in [3.8, 4) is 0 Å². The Morgan fingerprint density at radius 3 is 2.79 bits per heavy atom. The monoisotopic (exact) mass is 415 g/mol. The lowest BCUT2D eigenvalue weighted by atomic mass is 10.2. The van der Waals surface area contributed by atoms with Gasteiger partial charge in [0.25, 0.3) is 0 Å². The summed E-state index contributed by atoms with van der Waals surface area (Å²) in [6, 6.07) is 12.8. The van der Waals surface area contributed by atoms with Crippen molar-refractivity contribution in [2.24, 2.45) is 4.99 Å². The van der Waals surface area contributed by atoms with E-state index in [9.17, 15) is 8.42 Å². The lowest BCUT2D eigenvalue weighted by Gasteiger charge is -2.16. The Balaban J connectivity index is 1.59. The predicted molar refractivity (Wildman–Crippen MR) is 113 cm³/mol. The van der Waals surface area contributed by atoms with E-state index in [-0.39, 0.29) is 24.0 Å². The van der Waals surface area contributed by atoms with Crippen molar-refractivity contribution in [3.05, 3.63) is 60.6 Å². The van der Waals surface area contributed by atoms with E-state index in [1.165, 1.54) is 18.5 Å². The normalized spacial score (nSPS) is 13.4. The number of nitrogens with one attached hydrogen (secondary N) is 3. The van der Waals surface area contributed by atoms with E-state index in [2.05, 4.69) is 25.3 Å². The number of aliphatic imine (C=N–C) groups is 1. The van der Waals surface area contributed by atoms with Crippen LogP contribution in [0, 0.1) is 0 Å². The van der Waals surface area contributed by atoms with E-state index in [0.717, 1.165) is 16.7 Å². The SMILES string of the molecule is CCNC(=NCCNS(=O)(=O)c1cccnc1)NC(C)c1cc2ccccc2o1. The average molecular weight is 416 g/mol. The second-order valence-electron chi connectivity index (χ2n) is 6.40. The lowest BCUT2D eigenvalue weighted by molar-refractivity contribution is 0.488. The fourth-order valence-electron chi connectivity index (χ4n) is 2.75. The zero-order valence-corrected chi connectivity index (χ0v) is 17.2. The van der Waals surface area contributed by atoms with Crippen molar-refractivity contribution in [1.29, 1.82) is 0 Å². The van der Waals surface area contributed by atoms with Crippen molar-refractivity contribution in [3.63, 3.8) is 0 Å². The maximum absolute atomic E-state index is 12.2. The highest BCUT2D eigenvalue weighted by Gasteiger charge is 2.14. The largest absolute Gasteiger partial charge is 0.459 e. The third-order valence-electron chi connectivity index (χ3n) is 4.19. The molecule has 0 fully saturated rings. The first kappa shape index (κ1) is 20.8. The van der Waals surface area contributed by atoms with Crippen LogP contribution in [0.1, 0.15) is 25.6 Å². The summed E-state index contributed by atoms with van der Waals surface area (Å²) in [5.41, 5.74) is 0.836. The number of fused-ring (bicyclic) bond motifs is 1. The minimum Gasteiger partial charge on any atom is -0.459 e. The van der Waals surface area contributed by atoms with Crippen LogP contribution in [-0.2, 0) is 10.0 Å². The Morgan fingerprint density at radius 2 is 2.07 bits per heavy atom. The van der Waals surface area contributed by atoms with Gasteiger partial charge >= 0.3 is 0 Å². The van der Waals surface area contributed by atoms with Crippen LogP contribution in [0.25, 0.3) is 11.0 Å². The van der Waals surface area contributed by atoms with Crippen LogP contribution in [0.3, 0.4) is 0 Å². The molecule has 0 aliphatic rings. The first-order valence-corrected chi connectivity index (χ1v) is 10.9. The van der Waals surface area contributed by atoms with Crippen LogP contribution in [0.2, 0.25) is 0 Å². The molecule has 2 aromatic heterocycles. The Hall–Kier alpha value is -2.91. The number of hydrogen-bond acceptors (Lipinski definition) is 5. The smallest absolute Gasteiger partial charge is 0.242 e. The van der Waals surface area contributed by atoms with Crippen LogP contribution in [0.5, 0.6) is 0 Å². The minimum atomic E-state index is -3.59. The Labute approximate surface area is 170 Å². The van der Waals surface area contributed by atoms with Gasteiger partial charge in [-0.05, 0) is 38.1 Å². The van der Waals surface area contributed by atoms with Gasteiger partial charge in [-0.15, -0.1) is 0 Å². The fourth-order valence-corrected chi connectivity index (χ4v) is 3.73. The molecule has 1 atom stereocenters. The average Bonchev–Trinajstić information content (AvgIpc) is 3.16. The predicted octanol–water partition coefficient (Wildman–Crippen LogP) is 2.42. The summed E-state index contributed by atoms with van der Waals surface area (Å²) < 4.78 is 32.8. The van der Waals surface area contributed by atoms with Crippen molar-refractivity contribution in [2.75, 3.05) is 19.6 Å². The molecule has 0 bridgehead atoms. The molecule has 154 valence electrons. The van der Waals surface area contributed by atoms with E-state index in [1.54, 1.807) is 6.07 Å². The molecule has 0 saturated heterocycles. The molecule has 29 heavy (non-hydrogen) atoms. The highest BCUT2D eigenvalue weighted by molar-refractivity contribution is 7.89. The number of rotatable bonds is 8. The number of benzene rings is 1. The summed E-state index contributed by atoms with van der Waals surface area (Å²) in [5.74, 6) is 1.38. The zero-order chi connectivity index (χ0) is 20.7. The second-order valence-corrected chi connectivity index (χ2v) is 8.17. The van der Waals surface area contributed by atoms with Gasteiger partial charge in [0.05, 0.1) is 12.6 Å². The van der Waals surface area contributed by atoms with Gasteiger partial charge in [0, 0.05) is 30.9 Å². The van der Waals surface area contributed by atoms with E-state index >= 15 is 0 Å². The molecule has 8 nitrogen and oxygen atoms in total. The van der Waals surface area contributed by atoms with Gasteiger partial charge in [-0.25, -0.2) is 13.1 Å². The Bertz CT molecular complexity index is 1030. The molecule has 0 saturated carbocycles. The minimum absolute atomic E-state index is 0.104. The van der Waals surface area contributed by atoms with Gasteiger partial charge in [0.1, 0.15) is 16.2 Å². The van der Waals surface area contributed by atoms with E-state index in [4.69, 9.17) is 4.42 Å². The van der Waals surface area contributed by atoms with E-state index in [1.807, 2.05) is 44.2 Å². The van der Waals surface area contributed by atoms with Gasteiger partial charge in [-0.1, -0.05) is 18.2 Å². The van der Waals surface area contributed by atoms with Gasteiger partial charge in [0.15, 0.2) is 5.96 Å². The maximum atomic E-state index is 12.2. The molecule has 0 amide bonds. The second kappa shape index (κ2) is 9.53. The van der Waals surface area contributed by atoms with Gasteiger partial charge in [-0.2, -0.15) is 0 Å². The van der Waals surface area contributed by atoms with Crippen LogP contribution >= 0.6 is 0 Å². The van der Waals surface area contributed by atoms with E-state index < -0.39 is 10.0 Å². The van der Waals surface area contributed by atoms with Crippen LogP contribution in [0.15, 0.2) is 69.2 Å². The number of hydrogen-bond donors (Lipinski definition) is 3. The molecule has 0 spiro atoms. The Morgan fingerprint density at radius 1 is 1.24 bits per heavy atom. The maximum Gasteiger partial charge on any atom is 0.242 e. The van der Waals surface area contributed by atoms with Crippen molar-refractivity contribution in [2.45, 2.75) is 24.8 Å². The highest BCUT2D eigenvalue weighted by atomic mass is 32.2. The number of aromatic nitrogens is 1. The molecule has 3 N–H and O–H groups in total. The molecule has 9 heteroatoms. The summed E-state index contributed by atoms with van der Waals surface area (Å²) >= 11 is 0. The van der Waals surface area contributed by atoms with Gasteiger partial charge in [-0.3, -0.25) is 9.98 Å². The first-order chi connectivity index (χ1) is 14.0. The van der Waals surface area contributed by atoms with Crippen molar-refractivity contribution in [1.82, 2.24) is 20.3 Å². The van der Waals surface area contributed by atoms with Crippen molar-refractivity contribution < 1.29 is 12.8 Å². The lowest BCUT2D eigenvalue weighted by Crippen LogP contribution is -2.39. The zero-order valence-electron chi connectivity index (χ0n) is 16.4. The van der Waals surface area contributed by atoms with Crippen LogP contribution in [-0.4, -0.2) is 39.0 Å². The molecule has 2 heterocycles. The number of sulfonamides is 1. The fraction of sp³-hybridized carbons (Fsp3) is 0.300. The number of pyridine rings is 1. The molecule has 0 aliphatic carbocycles. The molecular weight excluding hydrogens is 390 g/mol. The third kappa shape index (κ3) is 5.55. The number of furan rings is 1. The Kier molecular flexibility index (Phi) is 6.84. The molecular formula is C20H25N5O3S. The standard InChI is InChI=1S/C20H25N5O3S/c1-3-22-20(23-11-12-24-29(26,27)17-8-6-10-21-14-17)25-15(2)19-13-16-7-4-5-9-18(16)28-19/h4-10,13-15,24H,3,11-12H2,1-2H3,(H2,22,23,25). The number of para-hydroxylation sites is 1. The highest BCUT2D eigenvalue weighted by Crippen LogP contribution is 2.23. The van der Waals surface area contributed by atoms with Crippen LogP contribution in [0.4, 0.5) is 0 Å². The number of nitrogens with zero attached hydrogens (tertiary/aromatic N) is 2. The molecule has 3 aromatic rings. The molecule has 3 rings (SSSR count). The van der Waals surface area contributed by atoms with Crippen LogP contribution < -0.4 is 15.4 Å². The molecule has 0 radical (unpaired) electrons. The summed E-state index contributed by atoms with van der Waals surface area (Å²) in [7, 11) is -3.59. The summed E-state index contributed by atoms with van der Waals surface area (Å²) in [5, 5.41) is 7.48. The first-order valence-electron chi connectivity index (χ1n) is 9.42. The summed E-state index contributed by atoms with van der Waals surface area (Å²) in [6.07, 6.45) is 2.84. The third-order valence-corrected chi connectivity index (χ3v) is 5.63. The summed E-state index contributed by atoms with van der Waals surface area (Å²) in [6.45, 7) is 5.08. The topological polar surface area (TPSA) is 109 Å². The van der Waals surface area contributed by atoms with Gasteiger partial charge < -0.3 is 15.1 Å². The van der Waals surface area contributed by atoms with Crippen molar-refractivity contribution >= 4 is 27.0 Å².